The van der Waals surface area contributed by atoms with Crippen LogP contribution < -0.4 is 5.32 Å². The van der Waals surface area contributed by atoms with Crippen molar-refractivity contribution in [1.29, 1.82) is 0 Å². The highest BCUT2D eigenvalue weighted by atomic mass is 19.1. The molecule has 4 heteroatoms. The van der Waals surface area contributed by atoms with Gasteiger partial charge in [-0.15, -0.1) is 0 Å². The molecule has 1 aliphatic heterocycles. The van der Waals surface area contributed by atoms with Gasteiger partial charge in [-0.05, 0) is 87.0 Å². The zero-order valence-electron chi connectivity index (χ0n) is 17.4. The van der Waals surface area contributed by atoms with Crippen molar-refractivity contribution in [2.45, 2.75) is 53.1 Å². The number of nitrogens with zero attached hydrogens (tertiary/aromatic N) is 1. The number of nitrogens with one attached hydrogen (secondary N) is 1. The van der Waals surface area contributed by atoms with Crippen molar-refractivity contribution in [1.82, 2.24) is 10.2 Å². The smallest absolute Gasteiger partial charge is 0.224 e. The van der Waals surface area contributed by atoms with Crippen molar-refractivity contribution < 1.29 is 9.18 Å². The highest BCUT2D eigenvalue weighted by Gasteiger charge is 2.27. The molecule has 2 aromatic rings. The van der Waals surface area contributed by atoms with E-state index in [0.717, 1.165) is 38.0 Å². The lowest BCUT2D eigenvalue weighted by atomic mass is 9.94. The molecule has 0 radical (unpaired) electrons. The van der Waals surface area contributed by atoms with Crippen LogP contribution >= 0.6 is 0 Å². The fraction of sp³-hybridized carbons (Fsp3) is 0.458. The number of carbonyl (C=O) groups is 1. The number of halogens is 1. The highest BCUT2D eigenvalue weighted by molar-refractivity contribution is 5.79. The largest absolute Gasteiger partial charge is 0.349 e. The number of piperidine rings is 1. The molecule has 1 amide bonds. The maximum atomic E-state index is 13.1. The van der Waals surface area contributed by atoms with Crippen LogP contribution in [0.4, 0.5) is 4.39 Å². The van der Waals surface area contributed by atoms with Gasteiger partial charge < -0.3 is 5.32 Å². The second kappa shape index (κ2) is 8.87. The highest BCUT2D eigenvalue weighted by Crippen LogP contribution is 2.24. The van der Waals surface area contributed by atoms with E-state index in [-0.39, 0.29) is 23.7 Å². The molecule has 1 fully saturated rings. The van der Waals surface area contributed by atoms with Gasteiger partial charge in [0.05, 0.1) is 12.0 Å². The molecular formula is C24H31FN2O. The molecule has 0 spiro atoms. The fourth-order valence-electron chi connectivity index (χ4n) is 4.12. The molecule has 3 rings (SSSR count). The summed E-state index contributed by atoms with van der Waals surface area (Å²) in [4.78, 5) is 15.2. The predicted molar refractivity (Wildman–Crippen MR) is 112 cm³/mol. The van der Waals surface area contributed by atoms with E-state index >= 15 is 0 Å². The third kappa shape index (κ3) is 4.99. The molecule has 0 saturated carbocycles. The van der Waals surface area contributed by atoms with Gasteiger partial charge in [-0.2, -0.15) is 0 Å². The van der Waals surface area contributed by atoms with Crippen molar-refractivity contribution in [2.75, 3.05) is 13.1 Å². The summed E-state index contributed by atoms with van der Waals surface area (Å²) in [6.07, 6.45) is 1.93. The summed E-state index contributed by atoms with van der Waals surface area (Å²) in [5.74, 6) is -0.0762. The van der Waals surface area contributed by atoms with Crippen LogP contribution in [0.1, 0.15) is 53.6 Å². The van der Waals surface area contributed by atoms with Gasteiger partial charge in [0.2, 0.25) is 5.91 Å². The van der Waals surface area contributed by atoms with Crippen LogP contribution in [-0.4, -0.2) is 23.9 Å². The van der Waals surface area contributed by atoms with E-state index in [1.165, 1.54) is 34.4 Å². The van der Waals surface area contributed by atoms with E-state index in [1.54, 1.807) is 0 Å². The molecule has 1 aliphatic rings. The van der Waals surface area contributed by atoms with E-state index < -0.39 is 0 Å². The summed E-state index contributed by atoms with van der Waals surface area (Å²) in [6.45, 7) is 10.9. The standard InChI is InChI=1S/C24H31FN2O/c1-16-12-18(3)23(13-17(16)2)19(4)26-24(28)21-6-5-11-27(15-21)14-20-7-9-22(25)10-8-20/h7-10,12-13,19,21H,5-6,11,14-15H2,1-4H3,(H,26,28)/t19-,21+/m1/s1. The summed E-state index contributed by atoms with van der Waals surface area (Å²) < 4.78 is 13.1. The maximum absolute atomic E-state index is 13.1. The topological polar surface area (TPSA) is 32.3 Å². The number of carbonyl (C=O) groups excluding carboxylic acids is 1. The predicted octanol–water partition coefficient (Wildman–Crippen LogP) is 4.84. The number of amides is 1. The third-order valence-corrected chi connectivity index (χ3v) is 5.90. The lowest BCUT2D eigenvalue weighted by Crippen LogP contribution is -2.43. The molecule has 0 unspecified atom stereocenters. The van der Waals surface area contributed by atoms with Crippen molar-refractivity contribution in [3.05, 3.63) is 70.0 Å². The number of hydrogen-bond acceptors (Lipinski definition) is 2. The number of benzene rings is 2. The molecule has 0 aromatic heterocycles. The van der Waals surface area contributed by atoms with Crippen LogP contribution in [0.25, 0.3) is 0 Å². The Kier molecular flexibility index (Phi) is 6.50. The second-order valence-corrected chi connectivity index (χ2v) is 8.22. The fourth-order valence-corrected chi connectivity index (χ4v) is 4.12. The first-order chi connectivity index (χ1) is 13.3. The van der Waals surface area contributed by atoms with Crippen molar-refractivity contribution in [3.63, 3.8) is 0 Å². The van der Waals surface area contributed by atoms with Crippen molar-refractivity contribution >= 4 is 5.91 Å². The Morgan fingerprint density at radius 3 is 2.54 bits per heavy atom. The van der Waals surface area contributed by atoms with Gasteiger partial charge in [-0.25, -0.2) is 4.39 Å². The molecule has 1 saturated heterocycles. The average Bonchev–Trinajstić information content (AvgIpc) is 2.66. The minimum atomic E-state index is -0.213. The van der Waals surface area contributed by atoms with Crippen LogP contribution in [0.2, 0.25) is 0 Å². The molecule has 3 nitrogen and oxygen atoms in total. The SMILES string of the molecule is Cc1cc(C)c([C@@H](C)NC(=O)[C@H]2CCCN(Cc3ccc(F)cc3)C2)cc1C. The zero-order valence-corrected chi connectivity index (χ0v) is 17.4. The molecule has 28 heavy (non-hydrogen) atoms. The van der Waals surface area contributed by atoms with Gasteiger partial charge in [0.15, 0.2) is 0 Å². The number of hydrogen-bond donors (Lipinski definition) is 1. The van der Waals surface area contributed by atoms with Gasteiger partial charge in [0.25, 0.3) is 0 Å². The Labute approximate surface area is 167 Å². The van der Waals surface area contributed by atoms with Crippen LogP contribution in [0.3, 0.4) is 0 Å². The molecule has 150 valence electrons. The Bertz CT molecular complexity index is 831. The first-order valence-corrected chi connectivity index (χ1v) is 10.2. The number of likely N-dealkylation sites (tertiary alicyclic amines) is 1. The zero-order chi connectivity index (χ0) is 20.3. The first kappa shape index (κ1) is 20.5. The van der Waals surface area contributed by atoms with E-state index in [0.29, 0.717) is 0 Å². The normalized spacial score (nSPS) is 18.7. The van der Waals surface area contributed by atoms with Crippen molar-refractivity contribution in [3.8, 4) is 0 Å². The monoisotopic (exact) mass is 382 g/mol. The van der Waals surface area contributed by atoms with Crippen LogP contribution in [0, 0.1) is 32.5 Å². The average molecular weight is 383 g/mol. The van der Waals surface area contributed by atoms with Gasteiger partial charge in [-0.3, -0.25) is 9.69 Å². The van der Waals surface area contributed by atoms with E-state index in [2.05, 4.69) is 50.0 Å². The van der Waals surface area contributed by atoms with Crippen LogP contribution in [0.15, 0.2) is 36.4 Å². The molecule has 0 bridgehead atoms. The van der Waals surface area contributed by atoms with Gasteiger partial charge in [0.1, 0.15) is 5.82 Å². The van der Waals surface area contributed by atoms with Gasteiger partial charge >= 0.3 is 0 Å². The van der Waals surface area contributed by atoms with Crippen molar-refractivity contribution in [2.24, 2.45) is 5.92 Å². The Balaban J connectivity index is 1.60. The second-order valence-electron chi connectivity index (χ2n) is 8.22. The van der Waals surface area contributed by atoms with Gasteiger partial charge in [0, 0.05) is 13.1 Å². The summed E-state index contributed by atoms with van der Waals surface area (Å²) in [6, 6.07) is 11.0. The maximum Gasteiger partial charge on any atom is 0.224 e. The third-order valence-electron chi connectivity index (χ3n) is 5.90. The summed E-state index contributed by atoms with van der Waals surface area (Å²) in [7, 11) is 0. The van der Waals surface area contributed by atoms with E-state index in [9.17, 15) is 9.18 Å². The van der Waals surface area contributed by atoms with Crippen LogP contribution in [0.5, 0.6) is 0 Å². The van der Waals surface area contributed by atoms with E-state index in [4.69, 9.17) is 0 Å². The summed E-state index contributed by atoms with van der Waals surface area (Å²) >= 11 is 0. The van der Waals surface area contributed by atoms with Gasteiger partial charge in [-0.1, -0.05) is 24.3 Å². The van der Waals surface area contributed by atoms with E-state index in [1.807, 2.05) is 12.1 Å². The first-order valence-electron chi connectivity index (χ1n) is 10.2. The molecule has 1 heterocycles. The molecule has 2 aromatic carbocycles. The molecule has 1 N–H and O–H groups in total. The molecular weight excluding hydrogens is 351 g/mol. The minimum absolute atomic E-state index is 0.000671. The Morgan fingerprint density at radius 1 is 1.14 bits per heavy atom. The number of rotatable bonds is 5. The van der Waals surface area contributed by atoms with Crippen LogP contribution in [-0.2, 0) is 11.3 Å². The summed E-state index contributed by atoms with van der Waals surface area (Å²) in [5.41, 5.74) is 6.03. The Hall–Kier alpha value is -2.20. The minimum Gasteiger partial charge on any atom is -0.349 e. The molecule has 2 atom stereocenters. The number of aryl methyl sites for hydroxylation is 3. The Morgan fingerprint density at radius 2 is 1.82 bits per heavy atom. The lowest BCUT2D eigenvalue weighted by Gasteiger charge is -2.32. The quantitative estimate of drug-likeness (QED) is 0.802. The lowest BCUT2D eigenvalue weighted by molar-refractivity contribution is -0.127. The molecule has 0 aliphatic carbocycles. The summed E-state index contributed by atoms with van der Waals surface area (Å²) in [5, 5.41) is 3.23.